The van der Waals surface area contributed by atoms with Crippen LogP contribution in [0.4, 0.5) is 0 Å². The number of halogens is 1. The van der Waals surface area contributed by atoms with E-state index in [2.05, 4.69) is 15.6 Å². The van der Waals surface area contributed by atoms with Gasteiger partial charge in [-0.25, -0.2) is 4.98 Å². The molecule has 1 atom stereocenters. The second kappa shape index (κ2) is 5.32. The second-order valence-corrected chi connectivity index (χ2v) is 7.23. The number of likely N-dealkylation sites (tertiary alicyclic amines) is 1. The van der Waals surface area contributed by atoms with Crippen LogP contribution in [0.15, 0.2) is 5.38 Å². The molecule has 2 aliphatic heterocycles. The Balaban J connectivity index is 0.00000110. The number of hydrogen-bond donors (Lipinski definition) is 1. The Kier molecular flexibility index (Phi) is 3.87. The minimum atomic E-state index is 0. The van der Waals surface area contributed by atoms with Crippen molar-refractivity contribution in [3.8, 4) is 0 Å². The minimum absolute atomic E-state index is 0. The molecule has 0 bridgehead atoms. The SMILES string of the molecule is Cl.c1sc(C2CC2)nc1CN1CCC2(CCNC2)C1. The van der Waals surface area contributed by atoms with Crippen molar-refractivity contribution >= 4 is 23.7 Å². The summed E-state index contributed by atoms with van der Waals surface area (Å²) >= 11 is 1.88. The zero-order valence-corrected chi connectivity index (χ0v) is 12.9. The maximum Gasteiger partial charge on any atom is 0.0959 e. The van der Waals surface area contributed by atoms with Crippen molar-refractivity contribution in [2.24, 2.45) is 5.41 Å². The Morgan fingerprint density at radius 3 is 3.05 bits per heavy atom. The lowest BCUT2D eigenvalue weighted by Crippen LogP contribution is -2.29. The number of hydrogen-bond acceptors (Lipinski definition) is 4. The first-order chi connectivity index (χ1) is 8.83. The van der Waals surface area contributed by atoms with Crippen LogP contribution in [0.2, 0.25) is 0 Å². The Morgan fingerprint density at radius 1 is 1.42 bits per heavy atom. The Labute approximate surface area is 125 Å². The summed E-state index contributed by atoms with van der Waals surface area (Å²) in [5, 5.41) is 7.20. The molecule has 19 heavy (non-hydrogen) atoms. The van der Waals surface area contributed by atoms with Crippen LogP contribution in [-0.4, -0.2) is 36.1 Å². The summed E-state index contributed by atoms with van der Waals surface area (Å²) < 4.78 is 0. The lowest BCUT2D eigenvalue weighted by Gasteiger charge is -2.22. The topological polar surface area (TPSA) is 28.2 Å². The van der Waals surface area contributed by atoms with Gasteiger partial charge in [-0.3, -0.25) is 4.90 Å². The molecule has 5 heteroatoms. The quantitative estimate of drug-likeness (QED) is 0.930. The minimum Gasteiger partial charge on any atom is -0.316 e. The van der Waals surface area contributed by atoms with Gasteiger partial charge in [-0.15, -0.1) is 23.7 Å². The highest BCUT2D eigenvalue weighted by Gasteiger charge is 2.40. The molecule has 1 saturated carbocycles. The second-order valence-electron chi connectivity index (χ2n) is 6.34. The number of aromatic nitrogens is 1. The van der Waals surface area contributed by atoms with Gasteiger partial charge in [0, 0.05) is 30.9 Å². The molecule has 0 aromatic carbocycles. The first-order valence-corrected chi connectivity index (χ1v) is 8.08. The monoisotopic (exact) mass is 299 g/mol. The van der Waals surface area contributed by atoms with Gasteiger partial charge in [-0.1, -0.05) is 0 Å². The Morgan fingerprint density at radius 2 is 2.32 bits per heavy atom. The van der Waals surface area contributed by atoms with E-state index in [-0.39, 0.29) is 12.4 Å². The van der Waals surface area contributed by atoms with E-state index in [0.29, 0.717) is 5.41 Å². The van der Waals surface area contributed by atoms with Crippen molar-refractivity contribution in [3.05, 3.63) is 16.1 Å². The molecule has 0 radical (unpaired) electrons. The van der Waals surface area contributed by atoms with Crippen LogP contribution in [0.5, 0.6) is 0 Å². The summed E-state index contributed by atoms with van der Waals surface area (Å²) in [6.07, 6.45) is 5.48. The van der Waals surface area contributed by atoms with Gasteiger partial charge in [0.05, 0.1) is 10.7 Å². The fourth-order valence-electron chi connectivity index (χ4n) is 3.45. The van der Waals surface area contributed by atoms with E-state index in [1.807, 2.05) is 11.3 Å². The van der Waals surface area contributed by atoms with Crippen molar-refractivity contribution in [2.45, 2.75) is 38.1 Å². The predicted octanol–water partition coefficient (Wildman–Crippen LogP) is 2.63. The highest BCUT2D eigenvalue weighted by Crippen LogP contribution is 2.42. The molecular weight excluding hydrogens is 278 g/mol. The highest BCUT2D eigenvalue weighted by molar-refractivity contribution is 7.09. The summed E-state index contributed by atoms with van der Waals surface area (Å²) in [4.78, 5) is 7.42. The van der Waals surface area contributed by atoms with Gasteiger partial charge in [-0.05, 0) is 44.2 Å². The summed E-state index contributed by atoms with van der Waals surface area (Å²) in [6, 6.07) is 0. The molecule has 1 aromatic rings. The summed E-state index contributed by atoms with van der Waals surface area (Å²) in [5.41, 5.74) is 1.90. The van der Waals surface area contributed by atoms with E-state index in [0.717, 1.165) is 12.5 Å². The van der Waals surface area contributed by atoms with Gasteiger partial charge in [0.2, 0.25) is 0 Å². The van der Waals surface area contributed by atoms with Crippen LogP contribution >= 0.6 is 23.7 Å². The first kappa shape index (κ1) is 13.8. The van der Waals surface area contributed by atoms with Gasteiger partial charge in [-0.2, -0.15) is 0 Å². The fourth-order valence-corrected chi connectivity index (χ4v) is 4.43. The van der Waals surface area contributed by atoms with Crippen molar-refractivity contribution in [2.75, 3.05) is 26.2 Å². The maximum atomic E-state index is 4.81. The fraction of sp³-hybridized carbons (Fsp3) is 0.786. The van der Waals surface area contributed by atoms with Gasteiger partial charge in [0.25, 0.3) is 0 Å². The van der Waals surface area contributed by atoms with Crippen molar-refractivity contribution < 1.29 is 0 Å². The molecule has 2 saturated heterocycles. The van der Waals surface area contributed by atoms with E-state index >= 15 is 0 Å². The molecule has 4 rings (SSSR count). The third-order valence-corrected chi connectivity index (χ3v) is 5.79. The zero-order chi connectivity index (χ0) is 12.0. The van der Waals surface area contributed by atoms with Crippen LogP contribution < -0.4 is 5.32 Å². The summed E-state index contributed by atoms with van der Waals surface area (Å²) in [7, 11) is 0. The average Bonchev–Trinajstić information content (AvgIpc) is 2.81. The lowest BCUT2D eigenvalue weighted by molar-refractivity contribution is 0.267. The number of nitrogens with one attached hydrogen (secondary N) is 1. The van der Waals surface area contributed by atoms with Crippen LogP contribution in [0.1, 0.15) is 42.3 Å². The molecule has 1 N–H and O–H groups in total. The summed E-state index contributed by atoms with van der Waals surface area (Å²) in [6.45, 7) is 6.06. The van der Waals surface area contributed by atoms with Gasteiger partial charge in [0.15, 0.2) is 0 Å². The van der Waals surface area contributed by atoms with Gasteiger partial charge < -0.3 is 5.32 Å². The van der Waals surface area contributed by atoms with E-state index in [4.69, 9.17) is 4.98 Å². The third kappa shape index (κ3) is 2.82. The van der Waals surface area contributed by atoms with E-state index < -0.39 is 0 Å². The molecule has 3 nitrogen and oxygen atoms in total. The largest absolute Gasteiger partial charge is 0.316 e. The van der Waals surface area contributed by atoms with Crippen LogP contribution in [-0.2, 0) is 6.54 Å². The molecule has 1 aliphatic carbocycles. The molecule has 1 unspecified atom stereocenters. The van der Waals surface area contributed by atoms with Crippen LogP contribution in [0, 0.1) is 5.41 Å². The first-order valence-electron chi connectivity index (χ1n) is 7.20. The number of nitrogens with zero attached hydrogens (tertiary/aromatic N) is 2. The van der Waals surface area contributed by atoms with Crippen molar-refractivity contribution in [1.82, 2.24) is 15.2 Å². The van der Waals surface area contributed by atoms with Gasteiger partial charge in [0.1, 0.15) is 0 Å². The van der Waals surface area contributed by atoms with Crippen LogP contribution in [0.25, 0.3) is 0 Å². The molecule has 1 aromatic heterocycles. The van der Waals surface area contributed by atoms with Crippen molar-refractivity contribution in [3.63, 3.8) is 0 Å². The Hall–Kier alpha value is -0.160. The van der Waals surface area contributed by atoms with Crippen LogP contribution in [0.3, 0.4) is 0 Å². The zero-order valence-electron chi connectivity index (χ0n) is 11.2. The number of thiazole rings is 1. The summed E-state index contributed by atoms with van der Waals surface area (Å²) in [5.74, 6) is 0.813. The maximum absolute atomic E-state index is 4.81. The average molecular weight is 300 g/mol. The highest BCUT2D eigenvalue weighted by atomic mass is 35.5. The Bertz CT molecular complexity index is 438. The lowest BCUT2D eigenvalue weighted by atomic mass is 9.87. The number of rotatable bonds is 3. The van der Waals surface area contributed by atoms with E-state index in [9.17, 15) is 0 Å². The normalized spacial score (nSPS) is 30.9. The van der Waals surface area contributed by atoms with E-state index in [1.54, 1.807) is 0 Å². The smallest absolute Gasteiger partial charge is 0.0959 e. The molecular formula is C14H22ClN3S. The molecule has 3 fully saturated rings. The molecule has 106 valence electrons. The molecule has 1 spiro atoms. The standard InChI is InChI=1S/C14H21N3S.ClH/c1-2-11(1)13-16-12(8-18-13)7-17-6-4-14(10-17)3-5-15-9-14;/h8,11,15H,1-7,9-10H2;1H. The molecule has 3 heterocycles. The van der Waals surface area contributed by atoms with Gasteiger partial charge >= 0.3 is 0 Å². The molecule has 3 aliphatic rings. The van der Waals surface area contributed by atoms with E-state index in [1.165, 1.54) is 62.6 Å². The molecule has 0 amide bonds. The third-order valence-electron chi connectivity index (χ3n) is 4.73. The predicted molar refractivity (Wildman–Crippen MR) is 81.2 cm³/mol. The van der Waals surface area contributed by atoms with Crippen molar-refractivity contribution in [1.29, 1.82) is 0 Å².